The van der Waals surface area contributed by atoms with Crippen LogP contribution in [-0.4, -0.2) is 51.8 Å². The summed E-state index contributed by atoms with van der Waals surface area (Å²) in [6, 6.07) is 17.3. The number of rotatable bonds is 10. The Labute approximate surface area is 465 Å². The normalized spacial score (nSPS) is 17.1. The number of nitrogens with one attached hydrogen (secondary N) is 4. The second kappa shape index (κ2) is 22.7. The van der Waals surface area contributed by atoms with Crippen LogP contribution in [0.25, 0.3) is 66.4 Å². The third kappa shape index (κ3) is 10.7. The van der Waals surface area contributed by atoms with Gasteiger partial charge in [-0.15, -0.1) is 0 Å². The van der Waals surface area contributed by atoms with Gasteiger partial charge in [-0.3, -0.25) is 9.97 Å². The average molecular weight is 1080 g/mol. The molecule has 77 heavy (non-hydrogen) atoms. The van der Waals surface area contributed by atoms with Crippen LogP contribution >= 0.6 is 0 Å². The standard InChI is InChI=1S/2C32H38N4O2.Zn/c2*1-8-21-18(5)27-15-30-22(9-2)17(4)26(34-30)14-28-19(6)23(10-11-31(37)38)32(36-28)20(7)25-12-16(3)24(33-25)13-29(21)35-27;/h2*12-15,19,23,33-34H,8-11H2,1-7H3,(H,37,38);/q;;+2/p-2. The van der Waals surface area contributed by atoms with Crippen LogP contribution in [0.4, 0.5) is 0 Å². The molecule has 6 aromatic heterocycles. The largest absolute Gasteiger partial charge is 2.00 e. The van der Waals surface area contributed by atoms with E-state index in [4.69, 9.17) is 19.9 Å². The smallest absolute Gasteiger partial charge is 0.550 e. The molecular formula is C64H74N8O4Zn. The number of hydrogen-bond acceptors (Lipinski definition) is 8. The molecule has 0 amide bonds. The van der Waals surface area contributed by atoms with Crippen LogP contribution in [0.1, 0.15) is 208 Å². The molecule has 0 radical (unpaired) electrons. The van der Waals surface area contributed by atoms with Crippen LogP contribution in [0.2, 0.25) is 0 Å². The molecule has 396 valence electrons. The van der Waals surface area contributed by atoms with Gasteiger partial charge in [-0.1, -0.05) is 41.5 Å². The molecule has 6 aromatic rings. The Bertz CT molecular complexity index is 3530. The van der Waals surface area contributed by atoms with Crippen molar-refractivity contribution in [3.63, 3.8) is 0 Å². The number of nitrogens with zero attached hydrogens (tertiary/aromatic N) is 4. The fourth-order valence-electron chi connectivity index (χ4n) is 12.3. The van der Waals surface area contributed by atoms with E-state index in [1.807, 2.05) is 0 Å². The maximum Gasteiger partial charge on any atom is 2.00 e. The summed E-state index contributed by atoms with van der Waals surface area (Å²) in [6.45, 7) is 30.1. The molecule has 0 spiro atoms. The van der Waals surface area contributed by atoms with Gasteiger partial charge in [0, 0.05) is 103 Å². The number of carbonyl (C=O) groups is 2. The van der Waals surface area contributed by atoms with Gasteiger partial charge >= 0.3 is 19.5 Å². The number of carbonyl (C=O) groups excluding carboxylic acids is 2. The van der Waals surface area contributed by atoms with Gasteiger partial charge in [0.2, 0.25) is 0 Å². The van der Waals surface area contributed by atoms with E-state index in [0.29, 0.717) is 12.8 Å². The number of carboxylic acids is 2. The second-order valence-corrected chi connectivity index (χ2v) is 21.6. The monoisotopic (exact) mass is 1080 g/mol. The summed E-state index contributed by atoms with van der Waals surface area (Å²) < 4.78 is 0. The summed E-state index contributed by atoms with van der Waals surface area (Å²) in [5, 5.41) is 22.8. The number of allylic oxidation sites excluding steroid dienone is 4. The Morgan fingerprint density at radius 3 is 1.12 bits per heavy atom. The van der Waals surface area contributed by atoms with E-state index in [2.05, 4.69) is 165 Å². The van der Waals surface area contributed by atoms with Crippen molar-refractivity contribution in [2.75, 3.05) is 0 Å². The first-order valence-electron chi connectivity index (χ1n) is 27.5. The van der Waals surface area contributed by atoms with Crippen molar-refractivity contribution in [1.82, 2.24) is 39.9 Å². The van der Waals surface area contributed by atoms with E-state index >= 15 is 0 Å². The first kappa shape index (κ1) is 56.5. The molecule has 16 bridgehead atoms. The van der Waals surface area contributed by atoms with Crippen LogP contribution in [-0.2, 0) is 41.9 Å². The number of H-pyrrole nitrogens is 4. The maximum absolute atomic E-state index is 11.4. The molecular weight excluding hydrogens is 1010 g/mol. The molecule has 10 heterocycles. The molecule has 10 rings (SSSR count). The summed E-state index contributed by atoms with van der Waals surface area (Å²) in [5.74, 6) is -1.85. The van der Waals surface area contributed by atoms with Gasteiger partial charge in [0.15, 0.2) is 0 Å². The number of aromatic nitrogens is 8. The van der Waals surface area contributed by atoms with Crippen molar-refractivity contribution >= 4 is 78.4 Å². The first-order valence-corrected chi connectivity index (χ1v) is 27.5. The van der Waals surface area contributed by atoms with Crippen molar-refractivity contribution in [3.05, 3.63) is 139 Å². The fraction of sp³-hybridized carbons (Fsp3) is 0.406. The van der Waals surface area contributed by atoms with Gasteiger partial charge in [-0.05, 0) is 222 Å². The Morgan fingerprint density at radius 1 is 0.442 bits per heavy atom. The summed E-state index contributed by atoms with van der Waals surface area (Å²) >= 11 is 0. The molecule has 13 heteroatoms. The zero-order valence-electron chi connectivity index (χ0n) is 47.7. The number of aryl methyl sites for hydroxylation is 8. The summed E-state index contributed by atoms with van der Waals surface area (Å²) in [4.78, 5) is 57.8. The third-order valence-corrected chi connectivity index (χ3v) is 17.1. The van der Waals surface area contributed by atoms with Crippen molar-refractivity contribution in [2.45, 2.75) is 172 Å². The molecule has 4 unspecified atom stereocenters. The molecule has 0 saturated carbocycles. The van der Waals surface area contributed by atoms with E-state index in [0.717, 1.165) is 138 Å². The minimum atomic E-state index is -1.02. The molecule has 0 aliphatic carbocycles. The summed E-state index contributed by atoms with van der Waals surface area (Å²) in [5.41, 5.74) is 30.5. The van der Waals surface area contributed by atoms with Crippen LogP contribution in [0.5, 0.6) is 0 Å². The summed E-state index contributed by atoms with van der Waals surface area (Å²) in [6.07, 6.45) is 4.66. The molecule has 0 aromatic carbocycles. The van der Waals surface area contributed by atoms with E-state index in [-0.39, 0.29) is 56.0 Å². The molecule has 4 N–H and O–H groups in total. The Morgan fingerprint density at radius 2 is 0.779 bits per heavy atom. The second-order valence-electron chi connectivity index (χ2n) is 21.6. The van der Waals surface area contributed by atoms with Gasteiger partial charge in [-0.25, -0.2) is 9.97 Å². The van der Waals surface area contributed by atoms with Gasteiger partial charge in [0.05, 0.1) is 22.8 Å². The predicted octanol–water partition coefficient (Wildman–Crippen LogP) is 13.1. The van der Waals surface area contributed by atoms with Gasteiger partial charge in [0.25, 0.3) is 0 Å². The number of carboxylic acid groups (broad SMARTS) is 2. The van der Waals surface area contributed by atoms with Crippen molar-refractivity contribution in [3.8, 4) is 0 Å². The van der Waals surface area contributed by atoms with Crippen LogP contribution in [0, 0.1) is 41.5 Å². The molecule has 12 nitrogen and oxygen atoms in total. The topological polar surface area (TPSA) is 195 Å². The zero-order valence-corrected chi connectivity index (χ0v) is 50.7. The van der Waals surface area contributed by atoms with E-state index in [9.17, 15) is 19.8 Å². The first-order chi connectivity index (χ1) is 36.2. The summed E-state index contributed by atoms with van der Waals surface area (Å²) in [7, 11) is 0. The number of hydrogen-bond donors (Lipinski definition) is 4. The van der Waals surface area contributed by atoms with E-state index in [1.54, 1.807) is 0 Å². The SMILES string of the molecule is CCC1=C(C)c2cc3[nH]c(cc4nc(c(C)c5cc(C)c(cc1n2)[nH]5)C(CCC(=O)[O-])C4C)c(C)c3CC.CCC1=C(C)c2cc3[nH]c(cc4nc(c(C)c5cc(C)c(cc1n2)[nH]5)C(CCC(=O)[O-])C4C)c(C)c3CC.[Zn+2]. The number of fused-ring (bicyclic) bond motifs is 16. The fourth-order valence-corrected chi connectivity index (χ4v) is 12.3. The Balaban J connectivity index is 0.000000201. The van der Waals surface area contributed by atoms with Gasteiger partial charge in [0.1, 0.15) is 0 Å². The van der Waals surface area contributed by atoms with Crippen molar-refractivity contribution in [2.24, 2.45) is 0 Å². The Hall–Kier alpha value is -6.72. The minimum Gasteiger partial charge on any atom is -0.550 e. The molecule has 4 aliphatic heterocycles. The maximum atomic E-state index is 11.4. The Kier molecular flexibility index (Phi) is 16.7. The number of aliphatic carboxylic acids is 2. The van der Waals surface area contributed by atoms with Crippen molar-refractivity contribution in [1.29, 1.82) is 0 Å². The average Bonchev–Trinajstić information content (AvgIpc) is 4.27. The molecule has 0 fully saturated rings. The number of aromatic amines is 4. The quantitative estimate of drug-likeness (QED) is 0.0973. The predicted molar refractivity (Wildman–Crippen MR) is 306 cm³/mol. The molecule has 4 atom stereocenters. The molecule has 4 aliphatic rings. The van der Waals surface area contributed by atoms with Gasteiger partial charge in [-0.2, -0.15) is 0 Å². The molecule has 0 saturated heterocycles. The van der Waals surface area contributed by atoms with E-state index in [1.165, 1.54) is 44.5 Å². The third-order valence-electron chi connectivity index (χ3n) is 17.1. The van der Waals surface area contributed by atoms with Crippen LogP contribution < -0.4 is 10.2 Å². The minimum absolute atomic E-state index is 0. The van der Waals surface area contributed by atoms with Gasteiger partial charge < -0.3 is 39.7 Å². The van der Waals surface area contributed by atoms with Crippen LogP contribution in [0.15, 0.2) is 48.5 Å². The zero-order chi connectivity index (χ0) is 54.6. The van der Waals surface area contributed by atoms with Crippen LogP contribution in [0.3, 0.4) is 0 Å². The van der Waals surface area contributed by atoms with E-state index < -0.39 is 11.9 Å². The van der Waals surface area contributed by atoms with Crippen molar-refractivity contribution < 1.29 is 39.3 Å².